The van der Waals surface area contributed by atoms with Gasteiger partial charge in [0, 0.05) is 40.0 Å². The van der Waals surface area contributed by atoms with Crippen molar-refractivity contribution >= 4 is 45.3 Å². The van der Waals surface area contributed by atoms with E-state index in [0.717, 1.165) is 90.3 Å². The minimum absolute atomic E-state index is 0.792. The van der Waals surface area contributed by atoms with Crippen LogP contribution in [0.4, 0.5) is 17.1 Å². The normalized spacial score (nSPS) is 12.7. The van der Waals surface area contributed by atoms with Gasteiger partial charge >= 0.3 is 0 Å². The van der Waals surface area contributed by atoms with Gasteiger partial charge in [-0.1, -0.05) is 153 Å². The molecule has 7 aromatic rings. The van der Waals surface area contributed by atoms with Gasteiger partial charge < -0.3 is 9.32 Å². The van der Waals surface area contributed by atoms with E-state index in [1.54, 1.807) is 0 Å². The van der Waals surface area contributed by atoms with Crippen molar-refractivity contribution < 1.29 is 4.42 Å². The van der Waals surface area contributed by atoms with E-state index in [0.29, 0.717) is 0 Å². The third-order valence-electron chi connectivity index (χ3n) is 10.6. The van der Waals surface area contributed by atoms with Gasteiger partial charge in [-0.15, -0.1) is 0 Å². The molecule has 1 aliphatic rings. The van der Waals surface area contributed by atoms with Crippen molar-refractivity contribution in [1.29, 1.82) is 0 Å². The predicted molar refractivity (Wildman–Crippen MR) is 241 cm³/mol. The fraction of sp³-hybridized carbons (Fsp3) is 0.0741. The molecule has 8 rings (SSSR count). The Morgan fingerprint density at radius 1 is 0.696 bits per heavy atom. The van der Waals surface area contributed by atoms with Gasteiger partial charge in [-0.05, 0) is 119 Å². The number of furan rings is 1. The van der Waals surface area contributed by atoms with Crippen LogP contribution >= 0.6 is 0 Å². The molecule has 1 heterocycles. The van der Waals surface area contributed by atoms with E-state index < -0.39 is 0 Å². The highest BCUT2D eigenvalue weighted by Gasteiger charge is 2.18. The molecular formula is C54H45NO. The van der Waals surface area contributed by atoms with Gasteiger partial charge in [0.05, 0.1) is 0 Å². The van der Waals surface area contributed by atoms with Gasteiger partial charge in [0.15, 0.2) is 0 Å². The summed E-state index contributed by atoms with van der Waals surface area (Å²) in [6.07, 6.45) is 15.4. The van der Waals surface area contributed by atoms with Crippen LogP contribution in [0.2, 0.25) is 0 Å². The van der Waals surface area contributed by atoms with Gasteiger partial charge in [0.1, 0.15) is 11.3 Å². The van der Waals surface area contributed by atoms with Gasteiger partial charge in [-0.25, -0.2) is 0 Å². The maximum Gasteiger partial charge on any atom is 0.142 e. The summed E-state index contributed by atoms with van der Waals surface area (Å²) in [5.74, 6) is 1.01. The van der Waals surface area contributed by atoms with Gasteiger partial charge in [0.2, 0.25) is 0 Å². The Labute approximate surface area is 331 Å². The lowest BCUT2D eigenvalue weighted by Gasteiger charge is -2.26. The van der Waals surface area contributed by atoms with Crippen molar-refractivity contribution in [3.63, 3.8) is 0 Å². The van der Waals surface area contributed by atoms with E-state index >= 15 is 0 Å². The zero-order chi connectivity index (χ0) is 38.6. The molecule has 0 saturated carbocycles. The first-order valence-corrected chi connectivity index (χ1v) is 19.2. The number of hydrogen-bond donors (Lipinski definition) is 0. The van der Waals surface area contributed by atoms with Gasteiger partial charge in [0.25, 0.3) is 0 Å². The van der Waals surface area contributed by atoms with Crippen LogP contribution in [0.5, 0.6) is 0 Å². The molecule has 0 spiro atoms. The molecule has 1 aliphatic carbocycles. The summed E-state index contributed by atoms with van der Waals surface area (Å²) in [6, 6.07) is 49.9. The maximum absolute atomic E-state index is 6.49. The summed E-state index contributed by atoms with van der Waals surface area (Å²) in [5, 5.41) is 1.15. The Morgan fingerprint density at radius 2 is 1.41 bits per heavy atom. The molecule has 0 saturated heterocycles. The smallest absolute Gasteiger partial charge is 0.142 e. The summed E-state index contributed by atoms with van der Waals surface area (Å²) in [6.45, 7) is 15.1. The fourth-order valence-electron chi connectivity index (χ4n) is 7.73. The monoisotopic (exact) mass is 723 g/mol. The molecule has 6 aromatic carbocycles. The van der Waals surface area contributed by atoms with Crippen molar-refractivity contribution in [3.8, 4) is 22.3 Å². The molecule has 0 radical (unpaired) electrons. The van der Waals surface area contributed by atoms with E-state index in [9.17, 15) is 0 Å². The lowest BCUT2D eigenvalue weighted by Crippen LogP contribution is -2.10. The lowest BCUT2D eigenvalue weighted by molar-refractivity contribution is 0.565. The summed E-state index contributed by atoms with van der Waals surface area (Å²) >= 11 is 0. The number of aryl methyl sites for hydroxylation is 2. The Hall–Kier alpha value is -6.90. The molecule has 56 heavy (non-hydrogen) atoms. The standard InChI is InChI=1S/C54H45NO/c1-6-16-48(39(5)40-18-10-8-11-19-40)47(7-2)52-36-43(26-25-38(52)4)41-27-31-44(32-28-41)55(46-20-14-17-37(3)35-46)45-33-29-42(30-34-45)49-22-15-23-51-50-21-12-9-13-24-53(50)56-54(49)51/h6-23,25-36H,2,5,24H2,1,3-4H3/b16-6-,48-47-. The predicted octanol–water partition coefficient (Wildman–Crippen LogP) is 15.2. The number of hydrogen-bond acceptors (Lipinski definition) is 2. The minimum Gasteiger partial charge on any atom is -0.459 e. The van der Waals surface area contributed by atoms with Crippen LogP contribution in [0.25, 0.3) is 50.4 Å². The lowest BCUT2D eigenvalue weighted by atomic mass is 9.88. The maximum atomic E-state index is 6.49. The highest BCUT2D eigenvalue weighted by atomic mass is 16.3. The fourth-order valence-corrected chi connectivity index (χ4v) is 7.73. The second kappa shape index (κ2) is 15.8. The van der Waals surface area contributed by atoms with Crippen LogP contribution in [0.15, 0.2) is 199 Å². The van der Waals surface area contributed by atoms with Crippen LogP contribution in [0, 0.1) is 13.8 Å². The van der Waals surface area contributed by atoms with Crippen molar-refractivity contribution in [1.82, 2.24) is 0 Å². The molecule has 0 fully saturated rings. The Bertz CT molecular complexity index is 2700. The number of rotatable bonds is 10. The van der Waals surface area contributed by atoms with E-state index in [4.69, 9.17) is 4.42 Å². The average Bonchev–Trinajstić information content (AvgIpc) is 3.42. The zero-order valence-corrected chi connectivity index (χ0v) is 32.3. The minimum atomic E-state index is 0.792. The largest absolute Gasteiger partial charge is 0.459 e. The molecule has 0 N–H and O–H groups in total. The Kier molecular flexibility index (Phi) is 10.2. The number of anilines is 3. The molecule has 2 heteroatoms. The van der Waals surface area contributed by atoms with Gasteiger partial charge in [-0.2, -0.15) is 0 Å². The topological polar surface area (TPSA) is 16.4 Å². The number of nitrogens with zero attached hydrogens (tertiary/aromatic N) is 1. The summed E-state index contributed by atoms with van der Waals surface area (Å²) in [7, 11) is 0. The highest BCUT2D eigenvalue weighted by molar-refractivity contribution is 5.99. The van der Waals surface area contributed by atoms with E-state index in [1.807, 2.05) is 19.1 Å². The first kappa shape index (κ1) is 36.1. The van der Waals surface area contributed by atoms with E-state index in [1.165, 1.54) is 16.7 Å². The molecule has 272 valence electrons. The molecule has 0 unspecified atom stereocenters. The molecule has 0 aliphatic heterocycles. The quantitative estimate of drug-likeness (QED) is 0.131. The summed E-state index contributed by atoms with van der Waals surface area (Å²) in [4.78, 5) is 2.32. The second-order valence-corrected chi connectivity index (χ2v) is 14.3. The van der Waals surface area contributed by atoms with Gasteiger partial charge in [-0.3, -0.25) is 0 Å². The van der Waals surface area contributed by atoms with Crippen molar-refractivity contribution in [2.45, 2.75) is 27.2 Å². The Balaban J connectivity index is 1.15. The molecule has 0 atom stereocenters. The van der Waals surface area contributed by atoms with E-state index in [2.05, 4.69) is 202 Å². The highest BCUT2D eigenvalue weighted by Crippen LogP contribution is 2.40. The van der Waals surface area contributed by atoms with Crippen LogP contribution in [-0.4, -0.2) is 0 Å². The average molecular weight is 724 g/mol. The molecule has 0 amide bonds. The molecule has 2 nitrogen and oxygen atoms in total. The first-order chi connectivity index (χ1) is 27.4. The number of allylic oxidation sites excluding steroid dienone is 9. The number of fused-ring (bicyclic) bond motifs is 3. The van der Waals surface area contributed by atoms with Crippen LogP contribution in [0.1, 0.15) is 40.5 Å². The van der Waals surface area contributed by atoms with Crippen LogP contribution < -0.4 is 4.90 Å². The van der Waals surface area contributed by atoms with Crippen molar-refractivity contribution in [2.75, 3.05) is 4.90 Å². The SMILES string of the molecule is C=C/C(=C(\C=C/C)C(=C)c1ccccc1)c1cc(-c2ccc(N(c3ccc(-c4cccc5c6c(oc45)CC=CC=C6)cc3)c3cccc(C)c3)cc2)ccc1C. The number of benzene rings is 6. The van der Waals surface area contributed by atoms with Crippen molar-refractivity contribution in [3.05, 3.63) is 228 Å². The van der Waals surface area contributed by atoms with Crippen LogP contribution in [-0.2, 0) is 6.42 Å². The number of para-hydroxylation sites is 1. The third kappa shape index (κ3) is 7.06. The molecule has 0 bridgehead atoms. The molecular weight excluding hydrogens is 679 g/mol. The third-order valence-corrected chi connectivity index (χ3v) is 10.6. The van der Waals surface area contributed by atoms with E-state index in [-0.39, 0.29) is 0 Å². The second-order valence-electron chi connectivity index (χ2n) is 14.3. The van der Waals surface area contributed by atoms with Crippen molar-refractivity contribution in [2.24, 2.45) is 0 Å². The summed E-state index contributed by atoms with van der Waals surface area (Å²) in [5.41, 5.74) is 17.6. The Morgan fingerprint density at radius 3 is 2.12 bits per heavy atom. The summed E-state index contributed by atoms with van der Waals surface area (Å²) < 4.78 is 6.49. The molecule has 1 aromatic heterocycles. The van der Waals surface area contributed by atoms with Crippen LogP contribution in [0.3, 0.4) is 0 Å². The zero-order valence-electron chi connectivity index (χ0n) is 32.3. The first-order valence-electron chi connectivity index (χ1n) is 19.2.